The Morgan fingerprint density at radius 2 is 0.853 bits per heavy atom. The number of amides is 7. The van der Waals surface area contributed by atoms with Crippen molar-refractivity contribution in [3.63, 3.8) is 0 Å². The van der Waals surface area contributed by atoms with Gasteiger partial charge in [-0.2, -0.15) is 0 Å². The minimum atomic E-state index is -0.689. The number of rotatable bonds is 15. The first-order chi connectivity index (χ1) is 51.0. The van der Waals surface area contributed by atoms with Crippen LogP contribution in [0.4, 0.5) is 36.2 Å². The number of nitrogens with zero attached hydrogens (tertiary/aromatic N) is 6. The summed E-state index contributed by atoms with van der Waals surface area (Å²) in [6, 6.07) is 42.2. The maximum absolute atomic E-state index is 13.1. The summed E-state index contributed by atoms with van der Waals surface area (Å²) >= 11 is 0. The second kappa shape index (κ2) is 35.3. The van der Waals surface area contributed by atoms with Gasteiger partial charge in [0.25, 0.3) is 17.7 Å². The summed E-state index contributed by atoms with van der Waals surface area (Å²) in [6.45, 7) is 29.5. The van der Waals surface area contributed by atoms with Gasteiger partial charge in [-0.25, -0.2) is 29.0 Å². The molecule has 6 heterocycles. The normalized spacial score (nSPS) is 19.6. The lowest BCUT2D eigenvalue weighted by Gasteiger charge is -2.41. The zero-order valence-corrected chi connectivity index (χ0v) is 67.3. The van der Waals surface area contributed by atoms with Crippen molar-refractivity contribution in [3.8, 4) is 17.2 Å². The fraction of sp³-hybridized carbons (Fsp3) is 0.494. The molecule has 3 saturated heterocycles. The summed E-state index contributed by atoms with van der Waals surface area (Å²) in [5.41, 5.74) is 8.47. The van der Waals surface area contributed by atoms with Crippen molar-refractivity contribution < 1.29 is 66.7 Å². The summed E-state index contributed by atoms with van der Waals surface area (Å²) in [6.07, 6.45) is 0.843. The van der Waals surface area contributed by atoms with Gasteiger partial charge in [0.1, 0.15) is 39.7 Å². The molecular weight excluding hydrogens is 1410 g/mol. The average Bonchev–Trinajstić information content (AvgIpc) is 1.70. The van der Waals surface area contributed by atoms with E-state index < -0.39 is 34.6 Å². The number of hydrogen-bond donors (Lipinski definition) is 3. The number of piperidine rings is 3. The molecule has 3 N–H and O–H groups in total. The van der Waals surface area contributed by atoms with Crippen molar-refractivity contribution in [2.45, 2.75) is 162 Å². The Morgan fingerprint density at radius 1 is 0.468 bits per heavy atom. The number of benzene rings is 6. The molecule has 109 heavy (non-hydrogen) atoms. The van der Waals surface area contributed by atoms with E-state index in [-0.39, 0.29) is 79.1 Å². The summed E-state index contributed by atoms with van der Waals surface area (Å²) in [7, 11) is 9.11. The summed E-state index contributed by atoms with van der Waals surface area (Å²) < 4.78 is 38.2. The standard InChI is InChI=1S/C32H43N3O6.C31H41N3O6.C22H27N3O2.ClH/c1-31(2,3)40-29(37)34-16-15-26(21-10-13-25(39-8)14-11-21)23(19-34)18-33(7)24-12-9-22-20-35(28(36)27(22)17-24)30(38)41-32(4,5)6;1-30(2,3)39-28(36)33-15-14-25(20-9-12-24(38-7)13-10-20)22(18-33)17-32-23-11-8-21-19-34(27(35)26(21)16-23)29(37)40-31(4,5)6;1-25(18-6-3-16-13-24-22(26)21(16)11-18)14-17-12-23-10-9-20(17)15-4-7-19(27-2)8-5-15;/h9-14,17,23,26H,15-16,18-20H2,1-8H3;8-13,16,22,25,32H,14-15,17-19H2,1-7H3;3-8,11,17,20,23H,9-10,12-14H2,1-2H3,(H,24,26);1H/t23-,26+;22-,25+;17-,20-;/m110./s1. The molecular formula is C85H112ClN9O14. The second-order valence-corrected chi connectivity index (χ2v) is 33.0. The number of imide groups is 2. The number of carbonyl (C=O) groups excluding carboxylic acids is 7. The van der Waals surface area contributed by atoms with Gasteiger partial charge in [0, 0.05) is 119 Å². The van der Waals surface area contributed by atoms with Gasteiger partial charge in [-0.05, 0) is 239 Å². The largest absolute Gasteiger partial charge is 0.497 e. The Balaban J connectivity index is 0.000000191. The lowest BCUT2D eigenvalue weighted by Crippen LogP contribution is -2.48. The molecule has 6 aromatic rings. The minimum Gasteiger partial charge on any atom is -0.497 e. The van der Waals surface area contributed by atoms with E-state index in [0.717, 1.165) is 105 Å². The summed E-state index contributed by atoms with van der Waals surface area (Å²) in [5.74, 6) is 3.51. The fourth-order valence-electron chi connectivity index (χ4n) is 14.9. The van der Waals surface area contributed by atoms with Gasteiger partial charge < -0.3 is 68.7 Å². The van der Waals surface area contributed by atoms with Crippen LogP contribution in [0.15, 0.2) is 127 Å². The molecule has 6 aliphatic rings. The molecule has 6 atom stereocenters. The van der Waals surface area contributed by atoms with E-state index in [4.69, 9.17) is 33.2 Å². The van der Waals surface area contributed by atoms with Crippen LogP contribution >= 0.6 is 12.4 Å². The van der Waals surface area contributed by atoms with E-state index in [9.17, 15) is 33.6 Å². The van der Waals surface area contributed by atoms with Crippen molar-refractivity contribution in [2.24, 2.45) is 17.8 Å². The number of fused-ring (bicyclic) bond motifs is 3. The third-order valence-electron chi connectivity index (χ3n) is 20.3. The predicted molar refractivity (Wildman–Crippen MR) is 425 cm³/mol. The van der Waals surface area contributed by atoms with Crippen LogP contribution in [0.3, 0.4) is 0 Å². The molecule has 0 aromatic heterocycles. The van der Waals surface area contributed by atoms with Crippen molar-refractivity contribution in [2.75, 3.05) is 109 Å². The Morgan fingerprint density at radius 3 is 1.30 bits per heavy atom. The zero-order valence-electron chi connectivity index (χ0n) is 66.5. The summed E-state index contributed by atoms with van der Waals surface area (Å²) in [5, 5.41) is 9.93. The molecule has 12 rings (SSSR count). The van der Waals surface area contributed by atoms with Gasteiger partial charge in [0.15, 0.2) is 0 Å². The average molecular weight is 1520 g/mol. The van der Waals surface area contributed by atoms with Crippen LogP contribution in [-0.2, 0) is 38.6 Å². The molecule has 0 unspecified atom stereocenters. The van der Waals surface area contributed by atoms with E-state index in [2.05, 4.69) is 93.5 Å². The molecule has 0 spiro atoms. The SMILES string of the molecule is COc1ccc([C@@H]2CCN(C(=O)OC(C)(C)C)C[C@H]2CN(C)c2ccc3c(c2)C(=O)N(C(=O)OC(C)(C)C)C3)cc1.COc1ccc([C@@H]2CCN(C(=O)OC(C)(C)C)C[C@H]2CNc2ccc3c(c2)C(=O)N(C(=O)OC(C)(C)C)C3)cc1.COc1ccc([C@@H]2CCNC[C@H]2CN(C)c2ccc3c(c2)C(=O)NC3)cc1.Cl. The molecule has 0 radical (unpaired) electrons. The molecule has 0 bridgehead atoms. The molecule has 23 nitrogen and oxygen atoms in total. The van der Waals surface area contributed by atoms with E-state index in [1.165, 1.54) is 16.7 Å². The molecule has 6 aliphatic heterocycles. The lowest BCUT2D eigenvalue weighted by molar-refractivity contribution is 0.0141. The number of anilines is 3. The first-order valence-electron chi connectivity index (χ1n) is 37.6. The number of ether oxygens (including phenoxy) is 7. The smallest absolute Gasteiger partial charge is 0.417 e. The summed E-state index contributed by atoms with van der Waals surface area (Å²) in [4.78, 5) is 99.5. The molecule has 3 fully saturated rings. The quantitative estimate of drug-likeness (QED) is 0.0810. The first kappa shape index (κ1) is 83.3. The van der Waals surface area contributed by atoms with Crippen LogP contribution in [-0.4, -0.2) is 178 Å². The van der Waals surface area contributed by atoms with Crippen molar-refractivity contribution in [1.82, 2.24) is 30.2 Å². The van der Waals surface area contributed by atoms with E-state index in [1.54, 1.807) is 78.7 Å². The predicted octanol–water partition coefficient (Wildman–Crippen LogP) is 15.3. The Kier molecular flexibility index (Phi) is 27.0. The molecule has 7 amide bonds. The van der Waals surface area contributed by atoms with Gasteiger partial charge >= 0.3 is 24.4 Å². The van der Waals surface area contributed by atoms with Gasteiger partial charge in [-0.3, -0.25) is 14.4 Å². The highest BCUT2D eigenvalue weighted by atomic mass is 35.5. The Bertz CT molecular complexity index is 4190. The monoisotopic (exact) mass is 1520 g/mol. The number of nitrogens with one attached hydrogen (secondary N) is 3. The maximum atomic E-state index is 13.1. The fourth-order valence-corrected chi connectivity index (χ4v) is 14.9. The number of hydrogen-bond acceptors (Lipinski definition) is 18. The van der Waals surface area contributed by atoms with Crippen LogP contribution in [0.5, 0.6) is 17.2 Å². The number of likely N-dealkylation sites (tertiary alicyclic amines) is 2. The highest BCUT2D eigenvalue weighted by molar-refractivity contribution is 6.08. The maximum Gasteiger partial charge on any atom is 0.417 e. The Labute approximate surface area is 649 Å². The minimum absolute atomic E-state index is 0. The lowest BCUT2D eigenvalue weighted by atomic mass is 9.80. The molecule has 24 heteroatoms. The Hall–Kier alpha value is -9.74. The van der Waals surface area contributed by atoms with E-state index >= 15 is 0 Å². The highest BCUT2D eigenvalue weighted by Gasteiger charge is 2.41. The van der Waals surface area contributed by atoms with Gasteiger partial charge in [0.05, 0.1) is 34.4 Å². The topological polar surface area (TPSA) is 240 Å². The third kappa shape index (κ3) is 21.8. The zero-order chi connectivity index (χ0) is 78.2. The second-order valence-electron chi connectivity index (χ2n) is 33.0. The van der Waals surface area contributed by atoms with E-state index in [0.29, 0.717) is 68.8 Å². The van der Waals surface area contributed by atoms with Crippen molar-refractivity contribution in [3.05, 3.63) is 177 Å². The van der Waals surface area contributed by atoms with Crippen molar-refractivity contribution >= 4 is 71.6 Å². The van der Waals surface area contributed by atoms with Crippen LogP contribution in [0.1, 0.15) is 185 Å². The molecule has 588 valence electrons. The number of methoxy groups -OCH3 is 3. The van der Waals surface area contributed by atoms with Gasteiger partial charge in [-0.1, -0.05) is 54.6 Å². The molecule has 0 saturated carbocycles. The van der Waals surface area contributed by atoms with Crippen molar-refractivity contribution in [1.29, 1.82) is 0 Å². The third-order valence-corrected chi connectivity index (χ3v) is 20.3. The number of carbonyl (C=O) groups is 7. The highest BCUT2D eigenvalue weighted by Crippen LogP contribution is 2.40. The molecule has 0 aliphatic carbocycles. The van der Waals surface area contributed by atoms with Crippen LogP contribution < -0.4 is 40.0 Å². The van der Waals surface area contributed by atoms with Crippen LogP contribution in [0.2, 0.25) is 0 Å². The van der Waals surface area contributed by atoms with Gasteiger partial charge in [0.2, 0.25) is 0 Å². The van der Waals surface area contributed by atoms with Gasteiger partial charge in [-0.15, -0.1) is 12.4 Å². The van der Waals surface area contributed by atoms with E-state index in [1.807, 2.05) is 109 Å². The first-order valence-corrected chi connectivity index (χ1v) is 37.6. The number of halogens is 1. The van der Waals surface area contributed by atoms with Crippen LogP contribution in [0.25, 0.3) is 0 Å². The van der Waals surface area contributed by atoms with Crippen LogP contribution in [0, 0.1) is 17.8 Å². The molecule has 6 aromatic carbocycles.